The molecule has 2 heterocycles. The van der Waals surface area contributed by atoms with Crippen molar-refractivity contribution in [2.75, 3.05) is 19.6 Å². The number of hydrogen-bond acceptors (Lipinski definition) is 3. The molecule has 0 radical (unpaired) electrons. The fourth-order valence-electron chi connectivity index (χ4n) is 3.98. The van der Waals surface area contributed by atoms with Crippen LogP contribution in [-0.4, -0.2) is 46.9 Å². The van der Waals surface area contributed by atoms with E-state index in [1.165, 1.54) is 10.5 Å². The smallest absolute Gasteiger partial charge is 0.323 e. The van der Waals surface area contributed by atoms with Crippen LogP contribution in [0.1, 0.15) is 57.6 Å². The molecule has 2 aliphatic heterocycles. The van der Waals surface area contributed by atoms with Gasteiger partial charge in [-0.3, -0.25) is 9.69 Å². The molecule has 0 aromatic heterocycles. The molecule has 0 unspecified atom stereocenters. The first-order chi connectivity index (χ1) is 12.3. The standard InChI is InChI=1S/C21H31N3O2/c1-15(2)13-23-11-9-21(10-12-23)19(25)24(20(26)22-21)14-17-5-7-18(8-6-17)16(3)4/h5-8,15-16H,9-14H2,1-4H3,(H,22,26). The van der Waals surface area contributed by atoms with E-state index in [0.717, 1.165) is 25.2 Å². The van der Waals surface area contributed by atoms with Gasteiger partial charge >= 0.3 is 6.03 Å². The van der Waals surface area contributed by atoms with Crippen LogP contribution in [0.4, 0.5) is 4.79 Å². The Bertz CT molecular complexity index is 658. The van der Waals surface area contributed by atoms with E-state index in [1.54, 1.807) is 0 Å². The molecule has 2 aliphatic rings. The highest BCUT2D eigenvalue weighted by atomic mass is 16.2. The molecule has 0 bridgehead atoms. The molecule has 142 valence electrons. The first-order valence-electron chi connectivity index (χ1n) is 9.76. The fraction of sp³-hybridized carbons (Fsp3) is 0.619. The average Bonchev–Trinajstić information content (AvgIpc) is 2.81. The van der Waals surface area contributed by atoms with Crippen molar-refractivity contribution < 1.29 is 9.59 Å². The van der Waals surface area contributed by atoms with Crippen molar-refractivity contribution in [2.45, 2.75) is 58.5 Å². The van der Waals surface area contributed by atoms with E-state index in [-0.39, 0.29) is 11.9 Å². The van der Waals surface area contributed by atoms with E-state index >= 15 is 0 Å². The molecule has 1 N–H and O–H groups in total. The van der Waals surface area contributed by atoms with Crippen molar-refractivity contribution in [3.63, 3.8) is 0 Å². The van der Waals surface area contributed by atoms with Gasteiger partial charge in [0, 0.05) is 19.6 Å². The van der Waals surface area contributed by atoms with Crippen molar-refractivity contribution >= 4 is 11.9 Å². The van der Waals surface area contributed by atoms with Gasteiger partial charge in [-0.2, -0.15) is 0 Å². The summed E-state index contributed by atoms with van der Waals surface area (Å²) >= 11 is 0. The third-order valence-electron chi connectivity index (χ3n) is 5.57. The topological polar surface area (TPSA) is 52.7 Å². The fourth-order valence-corrected chi connectivity index (χ4v) is 3.98. The number of piperidine rings is 1. The summed E-state index contributed by atoms with van der Waals surface area (Å²) in [6, 6.07) is 7.95. The molecular formula is C21H31N3O2. The molecular weight excluding hydrogens is 326 g/mol. The van der Waals surface area contributed by atoms with Crippen molar-refractivity contribution in [3.05, 3.63) is 35.4 Å². The molecule has 3 rings (SSSR count). The number of likely N-dealkylation sites (tertiary alicyclic amines) is 1. The molecule has 1 aromatic rings. The molecule has 5 heteroatoms. The second-order valence-electron chi connectivity index (χ2n) is 8.49. The number of carbonyl (C=O) groups is 2. The summed E-state index contributed by atoms with van der Waals surface area (Å²) in [7, 11) is 0. The zero-order valence-corrected chi connectivity index (χ0v) is 16.4. The molecule has 26 heavy (non-hydrogen) atoms. The summed E-state index contributed by atoms with van der Waals surface area (Å²) in [5.41, 5.74) is 1.56. The van der Waals surface area contributed by atoms with Crippen LogP contribution in [0.25, 0.3) is 0 Å². The minimum atomic E-state index is -0.692. The summed E-state index contributed by atoms with van der Waals surface area (Å²) in [5.74, 6) is 1.03. The van der Waals surface area contributed by atoms with Gasteiger partial charge in [-0.05, 0) is 35.8 Å². The Morgan fingerprint density at radius 3 is 2.19 bits per heavy atom. The lowest BCUT2D eigenvalue weighted by Crippen LogP contribution is -2.55. The molecule has 3 amide bonds. The van der Waals surface area contributed by atoms with Gasteiger partial charge in [0.1, 0.15) is 5.54 Å². The second kappa shape index (κ2) is 7.39. The van der Waals surface area contributed by atoms with Gasteiger partial charge in [0.25, 0.3) is 5.91 Å². The second-order valence-corrected chi connectivity index (χ2v) is 8.49. The number of benzene rings is 1. The minimum absolute atomic E-state index is 0.0559. The van der Waals surface area contributed by atoms with E-state index in [2.05, 4.69) is 50.0 Å². The number of amides is 3. The monoisotopic (exact) mass is 357 g/mol. The predicted octanol–water partition coefficient (Wildman–Crippen LogP) is 3.35. The zero-order chi connectivity index (χ0) is 18.9. The van der Waals surface area contributed by atoms with Crippen LogP contribution in [0.15, 0.2) is 24.3 Å². The Hall–Kier alpha value is -1.88. The molecule has 1 spiro atoms. The Morgan fingerprint density at radius 2 is 1.65 bits per heavy atom. The molecule has 1 aromatic carbocycles. The summed E-state index contributed by atoms with van der Waals surface area (Å²) in [4.78, 5) is 29.3. The van der Waals surface area contributed by atoms with Crippen LogP contribution < -0.4 is 5.32 Å². The number of urea groups is 1. The van der Waals surface area contributed by atoms with Crippen LogP contribution in [-0.2, 0) is 11.3 Å². The number of nitrogens with zero attached hydrogens (tertiary/aromatic N) is 2. The van der Waals surface area contributed by atoms with Gasteiger partial charge in [0.05, 0.1) is 6.54 Å². The molecule has 0 saturated carbocycles. The number of imide groups is 1. The van der Waals surface area contributed by atoms with Gasteiger partial charge in [0.2, 0.25) is 0 Å². The van der Waals surface area contributed by atoms with E-state index in [0.29, 0.717) is 31.2 Å². The van der Waals surface area contributed by atoms with Gasteiger partial charge in [-0.1, -0.05) is 52.0 Å². The predicted molar refractivity (Wildman–Crippen MR) is 103 cm³/mol. The highest BCUT2D eigenvalue weighted by Gasteiger charge is 2.52. The normalized spacial score (nSPS) is 20.5. The molecule has 0 aliphatic carbocycles. The third kappa shape index (κ3) is 3.78. The van der Waals surface area contributed by atoms with Crippen LogP contribution >= 0.6 is 0 Å². The molecule has 2 saturated heterocycles. The lowest BCUT2D eigenvalue weighted by atomic mass is 9.87. The van der Waals surface area contributed by atoms with Gasteiger partial charge < -0.3 is 10.2 Å². The lowest BCUT2D eigenvalue weighted by Gasteiger charge is -2.38. The Kier molecular flexibility index (Phi) is 5.37. The van der Waals surface area contributed by atoms with Gasteiger partial charge in [0.15, 0.2) is 0 Å². The third-order valence-corrected chi connectivity index (χ3v) is 5.57. The summed E-state index contributed by atoms with van der Waals surface area (Å²) < 4.78 is 0. The largest absolute Gasteiger partial charge is 0.325 e. The van der Waals surface area contributed by atoms with Crippen LogP contribution in [0.2, 0.25) is 0 Å². The minimum Gasteiger partial charge on any atom is -0.323 e. The summed E-state index contributed by atoms with van der Waals surface area (Å²) in [5, 5.41) is 3.00. The van der Waals surface area contributed by atoms with Gasteiger partial charge in [-0.15, -0.1) is 0 Å². The SMILES string of the molecule is CC(C)CN1CCC2(CC1)NC(=O)N(Cc1ccc(C(C)C)cc1)C2=O. The highest BCUT2D eigenvalue weighted by Crippen LogP contribution is 2.30. The van der Waals surface area contributed by atoms with E-state index in [9.17, 15) is 9.59 Å². The van der Waals surface area contributed by atoms with Crippen molar-refractivity contribution in [3.8, 4) is 0 Å². The Balaban J connectivity index is 1.66. The number of hydrogen-bond donors (Lipinski definition) is 1. The highest BCUT2D eigenvalue weighted by molar-refractivity contribution is 6.07. The summed E-state index contributed by atoms with van der Waals surface area (Å²) in [6.07, 6.45) is 1.40. The Labute approximate surface area is 156 Å². The Morgan fingerprint density at radius 1 is 1.04 bits per heavy atom. The number of carbonyl (C=O) groups excluding carboxylic acids is 2. The number of rotatable bonds is 5. The van der Waals surface area contributed by atoms with Crippen LogP contribution in [0, 0.1) is 5.92 Å². The number of nitrogens with one attached hydrogen (secondary N) is 1. The average molecular weight is 357 g/mol. The lowest BCUT2D eigenvalue weighted by molar-refractivity contribution is -0.133. The van der Waals surface area contributed by atoms with Crippen molar-refractivity contribution in [2.24, 2.45) is 5.92 Å². The van der Waals surface area contributed by atoms with Crippen molar-refractivity contribution in [1.29, 1.82) is 0 Å². The molecule has 2 fully saturated rings. The maximum Gasteiger partial charge on any atom is 0.325 e. The zero-order valence-electron chi connectivity index (χ0n) is 16.4. The van der Waals surface area contributed by atoms with E-state index in [1.807, 2.05) is 12.1 Å². The van der Waals surface area contributed by atoms with Gasteiger partial charge in [-0.25, -0.2) is 4.79 Å². The molecule has 5 nitrogen and oxygen atoms in total. The van der Waals surface area contributed by atoms with E-state index < -0.39 is 5.54 Å². The maximum atomic E-state index is 13.0. The maximum absolute atomic E-state index is 13.0. The first-order valence-corrected chi connectivity index (χ1v) is 9.76. The first kappa shape index (κ1) is 18.9. The van der Waals surface area contributed by atoms with Crippen LogP contribution in [0.3, 0.4) is 0 Å². The summed E-state index contributed by atoms with van der Waals surface area (Å²) in [6.45, 7) is 11.8. The van der Waals surface area contributed by atoms with Crippen LogP contribution in [0.5, 0.6) is 0 Å². The molecule has 0 atom stereocenters. The van der Waals surface area contributed by atoms with Crippen molar-refractivity contribution in [1.82, 2.24) is 15.1 Å². The van der Waals surface area contributed by atoms with E-state index in [4.69, 9.17) is 0 Å². The quantitative estimate of drug-likeness (QED) is 0.822.